The van der Waals surface area contributed by atoms with Crippen molar-refractivity contribution in [1.29, 1.82) is 0 Å². The van der Waals surface area contributed by atoms with Crippen molar-refractivity contribution < 1.29 is 33.8 Å². The van der Waals surface area contributed by atoms with Gasteiger partial charge in [0.15, 0.2) is 0 Å². The van der Waals surface area contributed by atoms with E-state index in [1.165, 1.54) is 30.2 Å². The molecular weight excluding hydrogens is 777 g/mol. The van der Waals surface area contributed by atoms with Crippen molar-refractivity contribution in [1.82, 2.24) is 40.0 Å². The minimum absolute atomic E-state index is 0.0875. The van der Waals surface area contributed by atoms with Gasteiger partial charge in [0, 0.05) is 37.7 Å². The first-order valence-electron chi connectivity index (χ1n) is 21.9. The Bertz CT molecular complexity index is 2540. The van der Waals surface area contributed by atoms with E-state index in [4.69, 9.17) is 19.4 Å². The number of nitrogens with zero attached hydrogens (tertiary/aromatic N) is 5. The first kappa shape index (κ1) is 39.4. The number of piperidine rings is 2. The zero-order valence-corrected chi connectivity index (χ0v) is 35.1. The number of alkyl carbamates (subject to hydrolysis) is 1. The van der Waals surface area contributed by atoms with Crippen LogP contribution in [0.3, 0.4) is 0 Å². The lowest BCUT2D eigenvalue weighted by molar-refractivity contribution is -0.141. The van der Waals surface area contributed by atoms with Crippen LogP contribution < -0.4 is 5.32 Å². The summed E-state index contributed by atoms with van der Waals surface area (Å²) in [4.78, 5) is 74.8. The van der Waals surface area contributed by atoms with Crippen LogP contribution in [0.2, 0.25) is 0 Å². The van der Waals surface area contributed by atoms with Crippen LogP contribution in [0.4, 0.5) is 9.59 Å². The van der Waals surface area contributed by atoms with Crippen molar-refractivity contribution in [2.45, 2.75) is 101 Å². The largest absolute Gasteiger partial charge is 0.465 e. The number of hydrogen-bond donors (Lipinski definition) is 4. The second-order valence-electron chi connectivity index (χ2n) is 18.4. The number of carbonyl (C=O) groups excluding carboxylic acids is 3. The van der Waals surface area contributed by atoms with Crippen molar-refractivity contribution in [3.05, 3.63) is 71.3 Å². The quantitative estimate of drug-likeness (QED) is 0.116. The van der Waals surface area contributed by atoms with Gasteiger partial charge in [0.05, 0.1) is 41.3 Å². The molecule has 2 saturated carbocycles. The molecule has 8 atom stereocenters. The number of aromatic amines is 2. The van der Waals surface area contributed by atoms with Crippen molar-refractivity contribution in [2.24, 2.45) is 23.7 Å². The number of likely N-dealkylation sites (tertiary alicyclic amines) is 2. The third-order valence-corrected chi connectivity index (χ3v) is 14.2. The van der Waals surface area contributed by atoms with Gasteiger partial charge in [0.1, 0.15) is 23.7 Å². The van der Waals surface area contributed by atoms with Crippen LogP contribution in [0, 0.1) is 23.7 Å². The summed E-state index contributed by atoms with van der Waals surface area (Å²) in [7, 11) is 2.82. The molecule has 15 nitrogen and oxygen atoms in total. The molecule has 61 heavy (non-hydrogen) atoms. The van der Waals surface area contributed by atoms with E-state index >= 15 is 0 Å². The second-order valence-corrected chi connectivity index (χ2v) is 18.4. The molecule has 5 aromatic rings. The molecule has 3 aliphatic heterocycles. The van der Waals surface area contributed by atoms with Gasteiger partial charge < -0.3 is 39.7 Å². The van der Waals surface area contributed by atoms with Crippen LogP contribution in [-0.4, -0.2) is 115 Å². The van der Waals surface area contributed by atoms with Gasteiger partial charge in [-0.1, -0.05) is 44.2 Å². The molecule has 10 rings (SSSR count). The number of rotatable bonds is 11. The summed E-state index contributed by atoms with van der Waals surface area (Å²) < 4.78 is 10.4. The summed E-state index contributed by atoms with van der Waals surface area (Å²) in [6, 6.07) is 15.5. The lowest BCUT2D eigenvalue weighted by Crippen LogP contribution is -2.54. The van der Waals surface area contributed by atoms with Gasteiger partial charge in [-0.15, -0.1) is 0 Å². The van der Waals surface area contributed by atoms with Crippen LogP contribution in [0.5, 0.6) is 0 Å². The molecule has 0 radical (unpaired) electrons. The van der Waals surface area contributed by atoms with Gasteiger partial charge in [0.2, 0.25) is 11.8 Å². The minimum Gasteiger partial charge on any atom is -0.465 e. The van der Waals surface area contributed by atoms with Crippen LogP contribution in [0.15, 0.2) is 48.5 Å². The average molecular weight is 831 g/mol. The fourth-order valence-corrected chi connectivity index (χ4v) is 10.7. The number of ether oxygens (including phenoxy) is 2. The molecule has 3 saturated heterocycles. The van der Waals surface area contributed by atoms with Gasteiger partial charge in [0.25, 0.3) is 0 Å². The second kappa shape index (κ2) is 15.3. The van der Waals surface area contributed by atoms with E-state index in [0.717, 1.165) is 83.0 Å². The maximum absolute atomic E-state index is 14.4. The van der Waals surface area contributed by atoms with Gasteiger partial charge in [-0.2, -0.15) is 0 Å². The first-order valence-corrected chi connectivity index (χ1v) is 21.9. The first-order chi connectivity index (χ1) is 29.5. The van der Waals surface area contributed by atoms with Gasteiger partial charge in [-0.25, -0.2) is 19.6 Å². The fraction of sp³-hybridized carbons (Fsp3) is 0.522. The molecule has 2 aromatic heterocycles. The van der Waals surface area contributed by atoms with E-state index in [2.05, 4.69) is 57.7 Å². The molecule has 5 fully saturated rings. The zero-order chi connectivity index (χ0) is 42.3. The fourth-order valence-electron chi connectivity index (χ4n) is 10.7. The van der Waals surface area contributed by atoms with E-state index in [0.29, 0.717) is 37.9 Å². The molecule has 320 valence electrons. The Hall–Kier alpha value is -5.70. The van der Waals surface area contributed by atoms with E-state index in [9.17, 15) is 24.3 Å². The number of likely N-dealkylation sites (N-methyl/N-ethyl adjacent to an activating group) is 1. The van der Waals surface area contributed by atoms with Gasteiger partial charge in [-0.3, -0.25) is 14.5 Å². The topological polar surface area (TPSA) is 186 Å². The average Bonchev–Trinajstić information content (AvgIpc) is 3.91. The highest BCUT2D eigenvalue weighted by Crippen LogP contribution is 2.55. The highest BCUT2D eigenvalue weighted by Gasteiger charge is 2.58. The van der Waals surface area contributed by atoms with E-state index in [1.54, 1.807) is 0 Å². The lowest BCUT2D eigenvalue weighted by Gasteiger charge is -2.38. The lowest BCUT2D eigenvalue weighted by atomic mass is 9.89. The molecular formula is C46H54N8O7. The number of aryl methyl sites for hydroxylation is 2. The molecule has 0 spiro atoms. The zero-order valence-electron chi connectivity index (χ0n) is 35.1. The van der Waals surface area contributed by atoms with Crippen LogP contribution in [0.25, 0.3) is 32.8 Å². The standard InChI is InChI=1S/C46H54N8O7/c1-23(2)38(51-45(57)60-4)43(55)53-34-19-28(34)21-36(53)41-47-31-11-8-25(18-33(31)49-41)6-5-24-7-10-30-27(17-24)9-12-32-39(30)50-42(48-32)37-22-29-20-35(29)54(37)44(56)40(52(3)46(58)59)26-13-15-61-16-14-26/h7-12,17-18,23,26,28-29,34-38,40H,5-6,13-16,19-22H2,1-4H3,(H,47,49)(H,48,50)(H,51,57)(H,58,59)/t28-,29?,34+,35?,36-,37?,38-,40-/m0/s1. The Kier molecular flexibility index (Phi) is 9.91. The Balaban J connectivity index is 0.842. The van der Waals surface area contributed by atoms with E-state index < -0.39 is 24.3 Å². The Morgan fingerprint density at radius 1 is 0.852 bits per heavy atom. The summed E-state index contributed by atoms with van der Waals surface area (Å²) in [5, 5.41) is 14.9. The van der Waals surface area contributed by atoms with E-state index in [-0.39, 0.29) is 47.8 Å². The van der Waals surface area contributed by atoms with Gasteiger partial charge >= 0.3 is 12.2 Å². The number of H-pyrrole nitrogens is 2. The maximum Gasteiger partial charge on any atom is 0.407 e. The number of amides is 4. The van der Waals surface area contributed by atoms with Gasteiger partial charge in [-0.05, 0) is 110 Å². The number of hydrogen-bond acceptors (Lipinski definition) is 8. The number of methoxy groups -OCH3 is 1. The predicted octanol–water partition coefficient (Wildman–Crippen LogP) is 6.49. The number of imidazole rings is 2. The van der Waals surface area contributed by atoms with E-state index in [1.807, 2.05) is 29.7 Å². The predicted molar refractivity (Wildman–Crippen MR) is 227 cm³/mol. The number of benzene rings is 3. The summed E-state index contributed by atoms with van der Waals surface area (Å²) in [6.45, 7) is 4.92. The Morgan fingerprint density at radius 3 is 2.16 bits per heavy atom. The highest BCUT2D eigenvalue weighted by molar-refractivity contribution is 6.04. The summed E-state index contributed by atoms with van der Waals surface area (Å²) in [5.74, 6) is 2.00. The smallest absolute Gasteiger partial charge is 0.407 e. The van der Waals surface area contributed by atoms with Crippen molar-refractivity contribution in [3.8, 4) is 0 Å². The number of fused-ring (bicyclic) bond motifs is 6. The number of aromatic nitrogens is 4. The molecule has 5 aliphatic rings. The third-order valence-electron chi connectivity index (χ3n) is 14.2. The normalized spacial score (nSPS) is 25.5. The molecule has 4 amide bonds. The van der Waals surface area contributed by atoms with Crippen molar-refractivity contribution in [3.63, 3.8) is 0 Å². The van der Waals surface area contributed by atoms with Crippen LogP contribution >= 0.6 is 0 Å². The minimum atomic E-state index is -1.10. The summed E-state index contributed by atoms with van der Waals surface area (Å²) in [5.41, 5.74) is 5.97. The Labute approximate surface area is 353 Å². The number of carboxylic acid groups (broad SMARTS) is 1. The molecule has 3 unspecified atom stereocenters. The van der Waals surface area contributed by atoms with Crippen molar-refractivity contribution in [2.75, 3.05) is 27.4 Å². The molecule has 15 heteroatoms. The molecule has 2 aliphatic carbocycles. The summed E-state index contributed by atoms with van der Waals surface area (Å²) in [6.07, 6.45) is 4.86. The molecule has 3 aromatic carbocycles. The SMILES string of the molecule is COC(=O)N[C@H](C(=O)N1[C@@H]2C[C@H]2C[C@H]1c1nc2cc(CCc3ccc4c(ccc5nc(C6CC7CC7N6C(=O)[C@H](C6CCOCC6)N(C)C(=O)O)[nH]c54)c3)ccc2[nH]1)C(C)C. The van der Waals surface area contributed by atoms with Crippen LogP contribution in [-0.2, 0) is 31.9 Å². The van der Waals surface area contributed by atoms with Crippen molar-refractivity contribution >= 4 is 56.8 Å². The molecule has 0 bridgehead atoms. The Morgan fingerprint density at radius 2 is 1.49 bits per heavy atom. The maximum atomic E-state index is 14.4. The third kappa shape index (κ3) is 7.13. The monoisotopic (exact) mass is 830 g/mol. The highest BCUT2D eigenvalue weighted by atomic mass is 16.5. The summed E-state index contributed by atoms with van der Waals surface area (Å²) >= 11 is 0. The number of carbonyl (C=O) groups is 4. The molecule has 4 N–H and O–H groups in total. The molecule has 5 heterocycles. The van der Waals surface area contributed by atoms with Crippen LogP contribution in [0.1, 0.15) is 87.2 Å². The number of nitrogens with one attached hydrogen (secondary N) is 3.